The lowest BCUT2D eigenvalue weighted by molar-refractivity contribution is -0.919. The molecule has 1 rings (SSSR count). The Morgan fingerprint density at radius 2 is 1.58 bits per heavy atom. The zero-order valence-corrected chi connectivity index (χ0v) is 17.8. The Balaban J connectivity index is 2.90. The average molecular weight is 437 g/mol. The summed E-state index contributed by atoms with van der Waals surface area (Å²) in [6.07, 6.45) is 2.23. The molecule has 0 aliphatic carbocycles. The first-order valence-corrected chi connectivity index (χ1v) is 14.1. The highest BCUT2D eigenvalue weighted by molar-refractivity contribution is 7.90. The molecule has 1 aliphatic heterocycles. The van der Waals surface area contributed by atoms with Gasteiger partial charge in [-0.3, -0.25) is 9.12 Å². The van der Waals surface area contributed by atoms with Gasteiger partial charge >= 0.3 is 7.60 Å². The van der Waals surface area contributed by atoms with Crippen molar-refractivity contribution < 1.29 is 40.2 Å². The van der Waals surface area contributed by atoms with Gasteiger partial charge in [0.05, 0.1) is 43.8 Å². The predicted octanol–water partition coefficient (Wildman–Crippen LogP) is 0.350. The SMILES string of the molecule is CCC1C[N+](CCCP(=O)(O)O)(CCCS(=O)(=O)O)CC1CS(C)(=O)=O. The van der Waals surface area contributed by atoms with E-state index >= 15 is 0 Å². The van der Waals surface area contributed by atoms with E-state index < -0.39 is 27.6 Å². The molecule has 1 saturated heterocycles. The third-order valence-corrected chi connectivity index (χ3v) is 7.81. The maximum Gasteiger partial charge on any atom is 0.325 e. The zero-order valence-electron chi connectivity index (χ0n) is 15.3. The summed E-state index contributed by atoms with van der Waals surface area (Å²) >= 11 is 0. The monoisotopic (exact) mass is 436 g/mol. The van der Waals surface area contributed by atoms with Gasteiger partial charge in [-0.25, -0.2) is 8.42 Å². The van der Waals surface area contributed by atoms with Crippen molar-refractivity contribution in [1.29, 1.82) is 0 Å². The van der Waals surface area contributed by atoms with Crippen LogP contribution in [-0.2, 0) is 24.5 Å². The van der Waals surface area contributed by atoms with Crippen LogP contribution in [-0.4, -0.2) is 85.8 Å². The van der Waals surface area contributed by atoms with Gasteiger partial charge in [0.1, 0.15) is 9.84 Å². The fourth-order valence-electron chi connectivity index (χ4n) is 4.08. The first kappa shape index (κ1) is 24.0. The number of likely N-dealkylation sites (tertiary alicyclic amines) is 1. The largest absolute Gasteiger partial charge is 0.325 e. The second kappa shape index (κ2) is 8.98. The van der Waals surface area contributed by atoms with Crippen LogP contribution in [0.15, 0.2) is 0 Å². The van der Waals surface area contributed by atoms with Crippen molar-refractivity contribution in [2.75, 3.05) is 50.1 Å². The van der Waals surface area contributed by atoms with Gasteiger partial charge < -0.3 is 14.3 Å². The number of hydrogen-bond donors (Lipinski definition) is 3. The molecule has 1 fully saturated rings. The highest BCUT2D eigenvalue weighted by Crippen LogP contribution is 2.37. The minimum absolute atomic E-state index is 0.0578. The van der Waals surface area contributed by atoms with Gasteiger partial charge in [-0.05, 0) is 6.42 Å². The number of hydrogen-bond acceptors (Lipinski definition) is 5. The van der Waals surface area contributed by atoms with Crippen LogP contribution in [0, 0.1) is 11.8 Å². The number of rotatable bonds is 11. The molecule has 3 N–H and O–H groups in total. The van der Waals surface area contributed by atoms with Gasteiger partial charge in [-0.2, -0.15) is 8.42 Å². The molecular formula is C14H31NO8PS2+. The van der Waals surface area contributed by atoms with Crippen molar-refractivity contribution in [2.45, 2.75) is 26.2 Å². The molecule has 0 radical (unpaired) electrons. The smallest absolute Gasteiger partial charge is 0.324 e. The van der Waals surface area contributed by atoms with E-state index in [-0.39, 0.29) is 42.3 Å². The fourth-order valence-corrected chi connectivity index (χ4v) is 6.28. The standard InChI is InChI=1S/C14H30NO8PS2/c1-3-13-10-15(6-4-8-24(16,17)18,7-5-9-26(21,22)23)11-14(13)12-25(2,19)20/h13-14H,3-12H2,1-2H3,(H2-,16,17,18,21,22,23)/p+1. The molecule has 0 aromatic carbocycles. The quantitative estimate of drug-likeness (QED) is 0.239. The molecule has 0 bridgehead atoms. The zero-order chi connectivity index (χ0) is 20.2. The second-order valence-corrected chi connectivity index (χ2v) is 13.1. The maximum atomic E-state index is 11.7. The van der Waals surface area contributed by atoms with E-state index in [0.29, 0.717) is 30.7 Å². The van der Waals surface area contributed by atoms with Crippen LogP contribution in [0.25, 0.3) is 0 Å². The van der Waals surface area contributed by atoms with Crippen LogP contribution < -0.4 is 0 Å². The minimum Gasteiger partial charge on any atom is -0.324 e. The fraction of sp³-hybridized carbons (Fsp3) is 1.00. The predicted molar refractivity (Wildman–Crippen MR) is 99.3 cm³/mol. The molecule has 0 saturated carbocycles. The number of sulfone groups is 1. The first-order valence-electron chi connectivity index (χ1n) is 8.67. The van der Waals surface area contributed by atoms with Crippen molar-refractivity contribution in [1.82, 2.24) is 0 Å². The minimum atomic E-state index is -4.12. The number of quaternary nitrogens is 1. The Morgan fingerprint density at radius 1 is 1.04 bits per heavy atom. The maximum absolute atomic E-state index is 11.7. The summed E-state index contributed by atoms with van der Waals surface area (Å²) in [6, 6.07) is 0. The molecule has 9 nitrogen and oxygen atoms in total. The van der Waals surface area contributed by atoms with E-state index in [9.17, 15) is 21.4 Å². The van der Waals surface area contributed by atoms with Gasteiger partial charge in [0, 0.05) is 30.9 Å². The van der Waals surface area contributed by atoms with E-state index in [0.717, 1.165) is 6.42 Å². The molecular weight excluding hydrogens is 405 g/mol. The lowest BCUT2D eigenvalue weighted by Crippen LogP contribution is -2.48. The average Bonchev–Trinajstić information content (AvgIpc) is 2.71. The molecule has 26 heavy (non-hydrogen) atoms. The van der Waals surface area contributed by atoms with Crippen LogP contribution in [0.2, 0.25) is 0 Å². The number of nitrogens with zero attached hydrogens (tertiary/aromatic N) is 1. The van der Waals surface area contributed by atoms with Crippen LogP contribution in [0.4, 0.5) is 0 Å². The molecule has 1 aliphatic rings. The molecule has 0 aromatic rings. The van der Waals surface area contributed by atoms with Gasteiger partial charge in [-0.1, -0.05) is 6.92 Å². The molecule has 0 spiro atoms. The molecule has 3 unspecified atom stereocenters. The normalized spacial score (nSPS) is 27.7. The Labute approximate surface area is 156 Å². The van der Waals surface area contributed by atoms with Crippen molar-refractivity contribution in [3.63, 3.8) is 0 Å². The summed E-state index contributed by atoms with van der Waals surface area (Å²) < 4.78 is 66.0. The van der Waals surface area contributed by atoms with E-state index in [1.165, 1.54) is 6.26 Å². The van der Waals surface area contributed by atoms with Crippen molar-refractivity contribution in [2.24, 2.45) is 11.8 Å². The molecule has 0 amide bonds. The Hall–Kier alpha value is -0.0300. The first-order chi connectivity index (χ1) is 11.6. The van der Waals surface area contributed by atoms with Gasteiger partial charge in [0.15, 0.2) is 0 Å². The van der Waals surface area contributed by atoms with Crippen molar-refractivity contribution in [3.8, 4) is 0 Å². The van der Waals surface area contributed by atoms with E-state index in [1.807, 2.05) is 6.92 Å². The van der Waals surface area contributed by atoms with E-state index in [4.69, 9.17) is 14.3 Å². The third kappa shape index (κ3) is 9.25. The molecule has 3 atom stereocenters. The summed E-state index contributed by atoms with van der Waals surface area (Å²) in [6.45, 7) is 4.06. The summed E-state index contributed by atoms with van der Waals surface area (Å²) in [5, 5.41) is 0. The molecule has 0 aromatic heterocycles. The van der Waals surface area contributed by atoms with Gasteiger partial charge in [0.2, 0.25) is 0 Å². The van der Waals surface area contributed by atoms with Gasteiger partial charge in [0.25, 0.3) is 10.1 Å². The van der Waals surface area contributed by atoms with Crippen LogP contribution >= 0.6 is 7.60 Å². The Kier molecular flexibility index (Phi) is 8.29. The Bertz CT molecular complexity index is 717. The van der Waals surface area contributed by atoms with Gasteiger partial charge in [-0.15, -0.1) is 0 Å². The van der Waals surface area contributed by atoms with Crippen LogP contribution in [0.5, 0.6) is 0 Å². The molecule has 156 valence electrons. The lowest BCUT2D eigenvalue weighted by atomic mass is 9.96. The van der Waals surface area contributed by atoms with E-state index in [2.05, 4.69) is 0 Å². The van der Waals surface area contributed by atoms with Crippen LogP contribution in [0.1, 0.15) is 26.2 Å². The lowest BCUT2D eigenvalue weighted by Gasteiger charge is -2.35. The topological polar surface area (TPSA) is 146 Å². The highest BCUT2D eigenvalue weighted by atomic mass is 32.2. The molecule has 12 heteroatoms. The summed E-state index contributed by atoms with van der Waals surface area (Å²) in [5.41, 5.74) is 0. The summed E-state index contributed by atoms with van der Waals surface area (Å²) in [7, 11) is -11.4. The second-order valence-electron chi connectivity index (χ2n) is 7.56. The highest BCUT2D eigenvalue weighted by Gasteiger charge is 2.45. The molecule has 1 heterocycles. The third-order valence-electron chi connectivity index (χ3n) is 5.07. The summed E-state index contributed by atoms with van der Waals surface area (Å²) in [4.78, 5) is 18.1. The summed E-state index contributed by atoms with van der Waals surface area (Å²) in [5.74, 6) is -0.220. The van der Waals surface area contributed by atoms with Crippen molar-refractivity contribution >= 4 is 27.6 Å². The van der Waals surface area contributed by atoms with Crippen molar-refractivity contribution in [3.05, 3.63) is 0 Å². The van der Waals surface area contributed by atoms with Crippen LogP contribution in [0.3, 0.4) is 0 Å². The Morgan fingerprint density at radius 3 is 2.04 bits per heavy atom. The van der Waals surface area contributed by atoms with E-state index in [1.54, 1.807) is 0 Å².